The van der Waals surface area contributed by atoms with Crippen LogP contribution in [-0.4, -0.2) is 44.2 Å². The predicted octanol–water partition coefficient (Wildman–Crippen LogP) is 2.35. The average Bonchev–Trinajstić information content (AvgIpc) is 2.96. The van der Waals surface area contributed by atoms with E-state index in [0.29, 0.717) is 12.3 Å². The third-order valence-electron chi connectivity index (χ3n) is 5.55. The predicted molar refractivity (Wildman–Crippen MR) is 115 cm³/mol. The van der Waals surface area contributed by atoms with E-state index >= 15 is 0 Å². The molecule has 3 N–H and O–H groups in total. The van der Waals surface area contributed by atoms with E-state index in [1.807, 2.05) is 32.4 Å². The number of rotatable bonds is 3. The minimum absolute atomic E-state index is 0.122. The maximum atomic E-state index is 12.8. The molecule has 2 aromatic rings. The smallest absolute Gasteiger partial charge is 0.181 e. The van der Waals surface area contributed by atoms with Crippen LogP contribution in [0.25, 0.3) is 0 Å². The molecule has 8 nitrogen and oxygen atoms in total. The number of nitrogens with zero attached hydrogens (tertiary/aromatic N) is 4. The van der Waals surface area contributed by atoms with Gasteiger partial charge in [0.15, 0.2) is 11.6 Å². The van der Waals surface area contributed by atoms with E-state index in [1.165, 1.54) is 11.8 Å². The minimum atomic E-state index is -0.977. The highest BCUT2D eigenvalue weighted by molar-refractivity contribution is 8.15. The van der Waals surface area contributed by atoms with Crippen molar-refractivity contribution in [1.29, 1.82) is 0 Å². The Labute approximate surface area is 174 Å². The van der Waals surface area contributed by atoms with Gasteiger partial charge in [-0.1, -0.05) is 11.8 Å². The summed E-state index contributed by atoms with van der Waals surface area (Å²) >= 11 is 1.43. The van der Waals surface area contributed by atoms with Crippen LogP contribution in [0, 0.1) is 13.8 Å². The molecule has 0 unspecified atom stereocenters. The van der Waals surface area contributed by atoms with Crippen LogP contribution in [0.3, 0.4) is 0 Å². The molecule has 0 saturated heterocycles. The Bertz CT molecular complexity index is 1050. The Morgan fingerprint density at radius 3 is 2.76 bits per heavy atom. The van der Waals surface area contributed by atoms with Crippen LogP contribution in [0.1, 0.15) is 48.8 Å². The highest BCUT2D eigenvalue weighted by Gasteiger charge is 2.44. The van der Waals surface area contributed by atoms with Gasteiger partial charge in [0.2, 0.25) is 0 Å². The van der Waals surface area contributed by atoms with E-state index in [9.17, 15) is 4.79 Å². The molecule has 4 heterocycles. The summed E-state index contributed by atoms with van der Waals surface area (Å²) in [6.07, 6.45) is 1.80. The Balaban J connectivity index is 1.89. The summed E-state index contributed by atoms with van der Waals surface area (Å²) in [4.78, 5) is 22.0. The first-order valence-electron chi connectivity index (χ1n) is 9.49. The van der Waals surface area contributed by atoms with Crippen LogP contribution < -0.4 is 15.8 Å². The molecule has 154 valence electrons. The number of hydrogen-bond acceptors (Lipinski definition) is 8. The molecule has 4 rings (SSSR count). The first kappa shape index (κ1) is 19.9. The zero-order chi connectivity index (χ0) is 21.1. The van der Waals surface area contributed by atoms with Crippen molar-refractivity contribution in [3.05, 3.63) is 34.3 Å². The molecular weight excluding hydrogens is 388 g/mol. The van der Waals surface area contributed by atoms with Crippen LogP contribution in [0.5, 0.6) is 5.75 Å². The molecule has 2 aliphatic rings. The topological polar surface area (TPSA) is 107 Å². The second-order valence-corrected chi connectivity index (χ2v) is 9.27. The fourth-order valence-corrected chi connectivity index (χ4v) is 5.02. The maximum Gasteiger partial charge on any atom is 0.181 e. The summed E-state index contributed by atoms with van der Waals surface area (Å²) in [7, 11) is 1.66. The summed E-state index contributed by atoms with van der Waals surface area (Å²) in [5.74, 6) is 1.09. The van der Waals surface area contributed by atoms with Crippen molar-refractivity contribution >= 4 is 28.4 Å². The largest absolute Gasteiger partial charge is 0.496 e. The van der Waals surface area contributed by atoms with Gasteiger partial charge in [0.25, 0.3) is 0 Å². The lowest BCUT2D eigenvalue weighted by Crippen LogP contribution is -2.46. The number of carbonyl (C=O) groups is 1. The number of Topliss-reactive ketones (excluding diaryl/α,β-unsaturated/α-hetero) is 1. The molecule has 29 heavy (non-hydrogen) atoms. The van der Waals surface area contributed by atoms with Gasteiger partial charge in [0, 0.05) is 17.3 Å². The van der Waals surface area contributed by atoms with Crippen molar-refractivity contribution in [3.63, 3.8) is 0 Å². The van der Waals surface area contributed by atoms with E-state index in [1.54, 1.807) is 20.2 Å². The van der Waals surface area contributed by atoms with Gasteiger partial charge in [-0.2, -0.15) is 5.10 Å². The quantitative estimate of drug-likeness (QED) is 0.794. The van der Waals surface area contributed by atoms with Crippen LogP contribution in [0.2, 0.25) is 0 Å². The van der Waals surface area contributed by atoms with Crippen molar-refractivity contribution in [2.24, 2.45) is 10.7 Å². The Morgan fingerprint density at radius 2 is 2.07 bits per heavy atom. The fraction of sp³-hybridized carbons (Fsp3) is 0.500. The van der Waals surface area contributed by atoms with E-state index in [2.05, 4.69) is 15.3 Å². The number of aryl methyl sites for hydroxylation is 1. The average molecular weight is 415 g/mol. The summed E-state index contributed by atoms with van der Waals surface area (Å²) in [5.41, 5.74) is 10.0. The Kier molecular flexibility index (Phi) is 4.51. The van der Waals surface area contributed by atoms with E-state index in [0.717, 1.165) is 44.7 Å². The Morgan fingerprint density at radius 1 is 1.34 bits per heavy atom. The third kappa shape index (κ3) is 3.12. The second kappa shape index (κ2) is 6.56. The first-order valence-corrected chi connectivity index (χ1v) is 10.5. The van der Waals surface area contributed by atoms with Gasteiger partial charge in [-0.3, -0.25) is 15.5 Å². The zero-order valence-electron chi connectivity index (χ0n) is 17.6. The van der Waals surface area contributed by atoms with Crippen molar-refractivity contribution in [2.75, 3.05) is 18.2 Å². The number of thioether (sulfide) groups is 1. The van der Waals surface area contributed by atoms with Crippen molar-refractivity contribution in [2.45, 2.75) is 52.4 Å². The summed E-state index contributed by atoms with van der Waals surface area (Å²) in [6.45, 7) is 10.0. The summed E-state index contributed by atoms with van der Waals surface area (Å²) in [5, 5.41) is 8.91. The lowest BCUT2D eigenvalue weighted by atomic mass is 9.83. The third-order valence-corrected chi connectivity index (χ3v) is 6.53. The first-order chi connectivity index (χ1) is 13.5. The zero-order valence-corrected chi connectivity index (χ0v) is 18.4. The van der Waals surface area contributed by atoms with Gasteiger partial charge >= 0.3 is 0 Å². The summed E-state index contributed by atoms with van der Waals surface area (Å²) < 4.78 is 7.39. The number of nitrogens with one attached hydrogen (secondary N) is 1. The van der Waals surface area contributed by atoms with Crippen LogP contribution >= 0.6 is 11.8 Å². The molecule has 0 amide bonds. The standard InChI is InChI=1S/C20H26N6O2S/c1-10-7-22-12(11(2)15(10)28-6)8-26-17-14-16(25-26)19(3,4)13(27)9-29-18(14)24-20(5,21)23-17/h7,23H,8-9,21H2,1-6H3/t20-/m0/s1. The number of pyridine rings is 1. The van der Waals surface area contributed by atoms with Gasteiger partial charge in [-0.05, 0) is 34.6 Å². The molecule has 0 aliphatic carbocycles. The molecule has 2 aliphatic heterocycles. The SMILES string of the molecule is COc1c(C)cnc(Cn2nc3c4c2N[C@](C)(N)N=C4SCC(=O)C3(C)C)c1C. The number of methoxy groups -OCH3 is 1. The van der Waals surface area contributed by atoms with Crippen LogP contribution in [-0.2, 0) is 16.8 Å². The lowest BCUT2D eigenvalue weighted by Gasteiger charge is -2.29. The highest BCUT2D eigenvalue weighted by atomic mass is 32.2. The number of hydrogen-bond donors (Lipinski definition) is 2. The molecular formula is C20H26N6O2S. The molecule has 0 fully saturated rings. The molecule has 0 radical (unpaired) electrons. The van der Waals surface area contributed by atoms with Gasteiger partial charge in [0.1, 0.15) is 16.6 Å². The molecule has 1 atom stereocenters. The van der Waals surface area contributed by atoms with Gasteiger partial charge < -0.3 is 10.1 Å². The molecule has 0 saturated carbocycles. The maximum absolute atomic E-state index is 12.8. The molecule has 9 heteroatoms. The van der Waals surface area contributed by atoms with E-state index < -0.39 is 11.2 Å². The minimum Gasteiger partial charge on any atom is -0.496 e. The van der Waals surface area contributed by atoms with Crippen molar-refractivity contribution in [1.82, 2.24) is 14.8 Å². The summed E-state index contributed by atoms with van der Waals surface area (Å²) in [6, 6.07) is 0. The number of nitrogens with two attached hydrogens (primary N) is 1. The number of aromatic nitrogens is 3. The number of aliphatic imine (C=N–C) groups is 1. The van der Waals surface area contributed by atoms with E-state index in [-0.39, 0.29) is 5.78 Å². The monoisotopic (exact) mass is 414 g/mol. The molecule has 0 bridgehead atoms. The molecule has 0 spiro atoms. The highest BCUT2D eigenvalue weighted by Crippen LogP contribution is 2.41. The van der Waals surface area contributed by atoms with Gasteiger partial charge in [-0.25, -0.2) is 9.67 Å². The normalized spacial score (nSPS) is 22.4. The Hall–Kier alpha value is -2.39. The van der Waals surface area contributed by atoms with Gasteiger partial charge in [0.05, 0.1) is 41.8 Å². The van der Waals surface area contributed by atoms with Crippen molar-refractivity contribution < 1.29 is 9.53 Å². The number of carbonyl (C=O) groups excluding carboxylic acids is 1. The van der Waals surface area contributed by atoms with Gasteiger partial charge in [-0.15, -0.1) is 0 Å². The van der Waals surface area contributed by atoms with Crippen LogP contribution in [0.4, 0.5) is 5.82 Å². The number of ketones is 1. The number of anilines is 1. The molecule has 2 aromatic heterocycles. The second-order valence-electron chi connectivity index (χ2n) is 8.30. The number of ether oxygens (including phenoxy) is 1. The van der Waals surface area contributed by atoms with Crippen LogP contribution in [0.15, 0.2) is 11.2 Å². The van der Waals surface area contributed by atoms with Crippen molar-refractivity contribution in [3.8, 4) is 5.75 Å². The molecule has 0 aromatic carbocycles. The fourth-order valence-electron chi connectivity index (χ4n) is 3.80. The van der Waals surface area contributed by atoms with E-state index in [4.69, 9.17) is 15.6 Å². The lowest BCUT2D eigenvalue weighted by molar-refractivity contribution is -0.121.